The van der Waals surface area contributed by atoms with Crippen LogP contribution in [-0.4, -0.2) is 60.5 Å². The number of nitrogens with one attached hydrogen (secondary N) is 1. The van der Waals surface area contributed by atoms with Crippen LogP contribution >= 0.6 is 0 Å². The minimum absolute atomic E-state index is 0.112. The average molecular weight is 455 g/mol. The van der Waals surface area contributed by atoms with Crippen LogP contribution in [0.1, 0.15) is 67.3 Å². The summed E-state index contributed by atoms with van der Waals surface area (Å²) in [4.78, 5) is 41.5. The lowest BCUT2D eigenvalue weighted by molar-refractivity contribution is -0.136. The Bertz CT molecular complexity index is 923. The zero-order chi connectivity index (χ0) is 22.9. The maximum atomic E-state index is 13.3. The van der Waals surface area contributed by atoms with Crippen LogP contribution in [0.3, 0.4) is 0 Å². The van der Waals surface area contributed by atoms with Gasteiger partial charge in [-0.2, -0.15) is 0 Å². The van der Waals surface area contributed by atoms with Crippen molar-refractivity contribution in [2.45, 2.75) is 76.0 Å². The summed E-state index contributed by atoms with van der Waals surface area (Å²) in [5, 5.41) is 2.39. The highest BCUT2D eigenvalue weighted by atomic mass is 16.5. The van der Waals surface area contributed by atoms with E-state index in [1.54, 1.807) is 4.90 Å². The summed E-state index contributed by atoms with van der Waals surface area (Å²) in [6.45, 7) is 3.10. The largest absolute Gasteiger partial charge is 0.381 e. The van der Waals surface area contributed by atoms with E-state index in [0.29, 0.717) is 30.5 Å². The van der Waals surface area contributed by atoms with E-state index in [0.717, 1.165) is 69.5 Å². The molecule has 0 radical (unpaired) electrons. The maximum absolute atomic E-state index is 13.3. The molecule has 1 atom stereocenters. The van der Waals surface area contributed by atoms with Crippen LogP contribution < -0.4 is 16.0 Å². The third-order valence-corrected chi connectivity index (χ3v) is 7.77. The van der Waals surface area contributed by atoms with E-state index in [2.05, 4.69) is 16.3 Å². The molecule has 1 saturated carbocycles. The molecule has 8 heteroatoms. The number of anilines is 1. The molecule has 3 heterocycles. The number of carbonyl (C=O) groups excluding carboxylic acids is 3. The number of imide groups is 1. The topological polar surface area (TPSA) is 105 Å². The number of hydrogen-bond acceptors (Lipinski definition) is 6. The second-order valence-corrected chi connectivity index (χ2v) is 10.0. The van der Waals surface area contributed by atoms with Gasteiger partial charge in [-0.05, 0) is 57.1 Å². The molecule has 2 saturated heterocycles. The minimum atomic E-state index is -0.588. The standard InChI is InChI=1S/C25H34N4O4/c26-17-6-8-18(9-7-17)28(12-2-3-16-14-33-15-16)21-5-1-4-19-20(21)13-29(25(19)32)22-10-11-23(30)27-24(22)31/h1,4-5,16-18,22H,2-3,6-15,26H2,(H,27,30,31). The molecule has 0 spiro atoms. The number of rotatable bonds is 7. The molecule has 1 aromatic carbocycles. The molecule has 1 unspecified atom stereocenters. The monoisotopic (exact) mass is 454 g/mol. The molecule has 0 aromatic heterocycles. The molecule has 4 aliphatic rings. The average Bonchev–Trinajstić information content (AvgIpc) is 3.10. The number of ether oxygens (including phenoxy) is 1. The lowest BCUT2D eigenvalue weighted by Gasteiger charge is -2.39. The molecule has 3 amide bonds. The minimum Gasteiger partial charge on any atom is -0.381 e. The Morgan fingerprint density at radius 2 is 1.88 bits per heavy atom. The summed E-state index contributed by atoms with van der Waals surface area (Å²) in [6, 6.07) is 6.06. The van der Waals surface area contributed by atoms with Gasteiger partial charge in [0.05, 0.1) is 13.2 Å². The number of benzene rings is 1. The van der Waals surface area contributed by atoms with Gasteiger partial charge in [0, 0.05) is 54.3 Å². The van der Waals surface area contributed by atoms with Gasteiger partial charge in [-0.15, -0.1) is 0 Å². The van der Waals surface area contributed by atoms with Crippen molar-refractivity contribution in [2.75, 3.05) is 24.7 Å². The van der Waals surface area contributed by atoms with E-state index in [9.17, 15) is 14.4 Å². The summed E-state index contributed by atoms with van der Waals surface area (Å²) < 4.78 is 5.34. The Morgan fingerprint density at radius 1 is 1.09 bits per heavy atom. The van der Waals surface area contributed by atoms with Crippen LogP contribution in [0.15, 0.2) is 18.2 Å². The number of carbonyl (C=O) groups is 3. The summed E-state index contributed by atoms with van der Waals surface area (Å²) in [7, 11) is 0. The molecule has 8 nitrogen and oxygen atoms in total. The van der Waals surface area contributed by atoms with Crippen molar-refractivity contribution in [3.8, 4) is 0 Å². The normalized spacial score (nSPS) is 27.8. The van der Waals surface area contributed by atoms with Crippen LogP contribution in [0.5, 0.6) is 0 Å². The molecule has 3 fully saturated rings. The van der Waals surface area contributed by atoms with Crippen molar-refractivity contribution in [1.82, 2.24) is 10.2 Å². The van der Waals surface area contributed by atoms with Crippen molar-refractivity contribution in [2.24, 2.45) is 11.7 Å². The first kappa shape index (κ1) is 22.3. The van der Waals surface area contributed by atoms with E-state index < -0.39 is 6.04 Å². The molecular formula is C25H34N4O4. The second-order valence-electron chi connectivity index (χ2n) is 10.0. The molecular weight excluding hydrogens is 420 g/mol. The van der Waals surface area contributed by atoms with E-state index in [4.69, 9.17) is 10.5 Å². The Balaban J connectivity index is 1.38. The molecule has 3 aliphatic heterocycles. The lowest BCUT2D eigenvalue weighted by atomic mass is 9.89. The van der Waals surface area contributed by atoms with E-state index in [1.807, 2.05) is 12.1 Å². The molecule has 1 aliphatic carbocycles. The third-order valence-electron chi connectivity index (χ3n) is 7.77. The van der Waals surface area contributed by atoms with Gasteiger partial charge in [0.2, 0.25) is 11.8 Å². The quantitative estimate of drug-likeness (QED) is 0.610. The number of amides is 3. The van der Waals surface area contributed by atoms with E-state index >= 15 is 0 Å². The van der Waals surface area contributed by atoms with Gasteiger partial charge < -0.3 is 20.3 Å². The Kier molecular flexibility index (Phi) is 6.38. The molecule has 33 heavy (non-hydrogen) atoms. The van der Waals surface area contributed by atoms with Crippen molar-refractivity contribution in [3.63, 3.8) is 0 Å². The Morgan fingerprint density at radius 3 is 2.58 bits per heavy atom. The van der Waals surface area contributed by atoms with Gasteiger partial charge in [-0.3, -0.25) is 19.7 Å². The fourth-order valence-electron chi connectivity index (χ4n) is 5.75. The zero-order valence-electron chi connectivity index (χ0n) is 19.1. The second kappa shape index (κ2) is 9.43. The Hall–Kier alpha value is -2.45. The highest BCUT2D eigenvalue weighted by Gasteiger charge is 2.40. The van der Waals surface area contributed by atoms with Crippen LogP contribution in [0.4, 0.5) is 5.69 Å². The molecule has 3 N–H and O–H groups in total. The summed E-state index contributed by atoms with van der Waals surface area (Å²) in [6.07, 6.45) is 7.05. The highest BCUT2D eigenvalue weighted by molar-refractivity contribution is 6.06. The number of piperidine rings is 1. The molecule has 0 bridgehead atoms. The Labute approximate surface area is 194 Å². The SMILES string of the molecule is NC1CCC(N(CCCC2COC2)c2cccc3c2CN(C2CCC(=O)NC2=O)C3=O)CC1. The van der Waals surface area contributed by atoms with Gasteiger partial charge >= 0.3 is 0 Å². The van der Waals surface area contributed by atoms with Crippen molar-refractivity contribution in [1.29, 1.82) is 0 Å². The lowest BCUT2D eigenvalue weighted by Crippen LogP contribution is -2.52. The van der Waals surface area contributed by atoms with Gasteiger partial charge in [0.25, 0.3) is 5.91 Å². The zero-order valence-corrected chi connectivity index (χ0v) is 19.1. The van der Waals surface area contributed by atoms with Crippen molar-refractivity contribution < 1.29 is 19.1 Å². The molecule has 5 rings (SSSR count). The third kappa shape index (κ3) is 4.51. The first-order valence-electron chi connectivity index (χ1n) is 12.4. The molecule has 178 valence electrons. The maximum Gasteiger partial charge on any atom is 0.255 e. The van der Waals surface area contributed by atoms with Crippen LogP contribution in [-0.2, 0) is 20.9 Å². The van der Waals surface area contributed by atoms with Crippen LogP contribution in [0.25, 0.3) is 0 Å². The first-order chi connectivity index (χ1) is 16.0. The van der Waals surface area contributed by atoms with Gasteiger partial charge in [-0.1, -0.05) is 6.07 Å². The highest BCUT2D eigenvalue weighted by Crippen LogP contribution is 2.37. The first-order valence-corrected chi connectivity index (χ1v) is 12.4. The fraction of sp³-hybridized carbons (Fsp3) is 0.640. The fourth-order valence-corrected chi connectivity index (χ4v) is 5.75. The van der Waals surface area contributed by atoms with Gasteiger partial charge in [0.1, 0.15) is 6.04 Å². The predicted molar refractivity (Wildman–Crippen MR) is 124 cm³/mol. The summed E-state index contributed by atoms with van der Waals surface area (Å²) in [5.41, 5.74) is 8.99. The van der Waals surface area contributed by atoms with Crippen LogP contribution in [0.2, 0.25) is 0 Å². The summed E-state index contributed by atoms with van der Waals surface area (Å²) in [5.74, 6) is -0.0780. The summed E-state index contributed by atoms with van der Waals surface area (Å²) >= 11 is 0. The van der Waals surface area contributed by atoms with Gasteiger partial charge in [-0.25, -0.2) is 0 Å². The van der Waals surface area contributed by atoms with Crippen molar-refractivity contribution >= 4 is 23.4 Å². The van der Waals surface area contributed by atoms with E-state index in [-0.39, 0.29) is 30.2 Å². The van der Waals surface area contributed by atoms with Crippen LogP contribution in [0, 0.1) is 5.92 Å². The molecule has 1 aromatic rings. The number of nitrogens with zero attached hydrogens (tertiary/aromatic N) is 2. The number of fused-ring (bicyclic) bond motifs is 1. The van der Waals surface area contributed by atoms with Gasteiger partial charge in [0.15, 0.2) is 0 Å². The predicted octanol–water partition coefficient (Wildman–Crippen LogP) is 1.95. The van der Waals surface area contributed by atoms with Crippen molar-refractivity contribution in [3.05, 3.63) is 29.3 Å². The van der Waals surface area contributed by atoms with E-state index in [1.165, 1.54) is 0 Å². The number of nitrogens with two attached hydrogens (primary N) is 1. The number of hydrogen-bond donors (Lipinski definition) is 2. The smallest absolute Gasteiger partial charge is 0.255 e.